The molecule has 0 spiro atoms. The van der Waals surface area contributed by atoms with E-state index in [9.17, 15) is 4.79 Å². The van der Waals surface area contributed by atoms with E-state index >= 15 is 0 Å². The van der Waals surface area contributed by atoms with Crippen molar-refractivity contribution in [3.8, 4) is 17.1 Å². The largest absolute Gasteiger partial charge is 0.272 e. The Morgan fingerprint density at radius 3 is 2.47 bits per heavy atom. The molecule has 0 aliphatic heterocycles. The summed E-state index contributed by atoms with van der Waals surface area (Å²) in [5.41, 5.74) is 5.80. The van der Waals surface area contributed by atoms with Crippen LogP contribution in [0.3, 0.4) is 0 Å². The van der Waals surface area contributed by atoms with Crippen molar-refractivity contribution >= 4 is 51.2 Å². The van der Waals surface area contributed by atoms with Gasteiger partial charge in [0.1, 0.15) is 0 Å². The van der Waals surface area contributed by atoms with Gasteiger partial charge in [-0.15, -0.1) is 21.5 Å². The zero-order valence-corrected chi connectivity index (χ0v) is 22.2. The van der Waals surface area contributed by atoms with E-state index in [0.717, 1.165) is 25.7 Å². The van der Waals surface area contributed by atoms with Gasteiger partial charge >= 0.3 is 0 Å². The van der Waals surface area contributed by atoms with Gasteiger partial charge in [-0.2, -0.15) is 5.10 Å². The minimum absolute atomic E-state index is 0.0719. The number of thioether (sulfide) groups is 1. The second-order valence-corrected chi connectivity index (χ2v) is 12.0. The molecule has 0 aliphatic rings. The fraction of sp³-hybridized carbons (Fsp3) is 0.200. The number of para-hydroxylation sites is 1. The molecule has 2 heterocycles. The Morgan fingerprint density at radius 1 is 1.09 bits per heavy atom. The lowest BCUT2D eigenvalue weighted by Gasteiger charge is -2.19. The van der Waals surface area contributed by atoms with Gasteiger partial charge in [0.15, 0.2) is 11.0 Å². The van der Waals surface area contributed by atoms with Crippen molar-refractivity contribution in [3.05, 3.63) is 81.0 Å². The quantitative estimate of drug-likeness (QED) is 0.165. The smallest absolute Gasteiger partial charge is 0.250 e. The van der Waals surface area contributed by atoms with Crippen LogP contribution in [0.2, 0.25) is 0 Å². The van der Waals surface area contributed by atoms with Crippen molar-refractivity contribution in [2.45, 2.75) is 31.3 Å². The van der Waals surface area contributed by atoms with Crippen molar-refractivity contribution in [3.63, 3.8) is 0 Å². The molecule has 1 amide bonds. The Bertz CT molecular complexity index is 1290. The number of thiophene rings is 1. The lowest BCUT2D eigenvalue weighted by Crippen LogP contribution is -2.19. The van der Waals surface area contributed by atoms with Gasteiger partial charge in [0.05, 0.1) is 15.8 Å². The van der Waals surface area contributed by atoms with Crippen LogP contribution in [0.1, 0.15) is 31.2 Å². The number of carbonyl (C=O) groups excluding carboxylic acids is 1. The highest BCUT2D eigenvalue weighted by molar-refractivity contribution is 9.11. The van der Waals surface area contributed by atoms with Crippen LogP contribution < -0.4 is 5.43 Å². The summed E-state index contributed by atoms with van der Waals surface area (Å²) in [5, 5.41) is 13.5. The Morgan fingerprint density at radius 2 is 1.82 bits per heavy atom. The molecule has 4 aromatic rings. The topological polar surface area (TPSA) is 72.2 Å². The fourth-order valence-electron chi connectivity index (χ4n) is 3.21. The number of hydrogen-bond donors (Lipinski definition) is 1. The number of halogens is 1. The number of carbonyl (C=O) groups is 1. The minimum Gasteiger partial charge on any atom is -0.272 e. The van der Waals surface area contributed by atoms with Crippen LogP contribution in [0.25, 0.3) is 17.1 Å². The molecule has 1 N–H and O–H groups in total. The highest BCUT2D eigenvalue weighted by atomic mass is 79.9. The molecule has 4 rings (SSSR count). The van der Waals surface area contributed by atoms with E-state index in [1.54, 1.807) is 17.6 Å². The highest BCUT2D eigenvalue weighted by Crippen LogP contribution is 2.30. The number of nitrogens with zero attached hydrogens (tertiary/aromatic N) is 4. The van der Waals surface area contributed by atoms with Crippen LogP contribution in [0.4, 0.5) is 0 Å². The number of hydrazone groups is 1. The Balaban J connectivity index is 1.53. The maximum absolute atomic E-state index is 12.4. The highest BCUT2D eigenvalue weighted by Gasteiger charge is 2.19. The molecule has 0 bridgehead atoms. The van der Waals surface area contributed by atoms with E-state index in [1.807, 2.05) is 47.0 Å². The molecule has 0 fully saturated rings. The standard InChI is InChI=1S/C25H24BrN5OS2/c1-25(2,3)18-11-9-17(10-12-18)23-29-30-24(31(23)19-7-5-4-6-8-19)33-16-22(32)28-27-15-20-13-14-21(26)34-20/h4-15H,16H2,1-3H3,(H,28,32)/b27-15+. The third-order valence-corrected chi connectivity index (χ3v) is 7.45. The lowest BCUT2D eigenvalue weighted by atomic mass is 9.87. The number of nitrogens with one attached hydrogen (secondary N) is 1. The van der Waals surface area contributed by atoms with Gasteiger partial charge in [-0.25, -0.2) is 5.43 Å². The van der Waals surface area contributed by atoms with Crippen LogP contribution in [0.15, 0.2) is 80.8 Å². The van der Waals surface area contributed by atoms with Gasteiger partial charge in [-0.1, -0.05) is 75.0 Å². The summed E-state index contributed by atoms with van der Waals surface area (Å²) in [6.07, 6.45) is 1.63. The minimum atomic E-state index is -0.212. The van der Waals surface area contributed by atoms with Gasteiger partial charge in [-0.3, -0.25) is 9.36 Å². The van der Waals surface area contributed by atoms with Crippen molar-refractivity contribution in [2.75, 3.05) is 5.75 Å². The average Bonchev–Trinajstić information content (AvgIpc) is 3.44. The molecule has 6 nitrogen and oxygen atoms in total. The maximum atomic E-state index is 12.4. The van der Waals surface area contributed by atoms with Crippen molar-refractivity contribution in [1.29, 1.82) is 0 Å². The van der Waals surface area contributed by atoms with Crippen LogP contribution in [-0.4, -0.2) is 32.6 Å². The third-order valence-electron chi connectivity index (χ3n) is 4.96. The molecule has 9 heteroatoms. The molecule has 0 unspecified atom stereocenters. The number of amides is 1. The third kappa shape index (κ3) is 6.02. The van der Waals surface area contributed by atoms with E-state index in [4.69, 9.17) is 0 Å². The zero-order chi connectivity index (χ0) is 24.1. The average molecular weight is 555 g/mol. The van der Waals surface area contributed by atoms with Gasteiger partial charge in [0.25, 0.3) is 5.91 Å². The van der Waals surface area contributed by atoms with E-state index in [-0.39, 0.29) is 17.1 Å². The predicted molar refractivity (Wildman–Crippen MR) is 144 cm³/mol. The molecule has 0 saturated heterocycles. The molecular weight excluding hydrogens is 530 g/mol. The fourth-order valence-corrected chi connectivity index (χ4v) is 5.25. The van der Waals surface area contributed by atoms with Gasteiger partial charge in [0, 0.05) is 16.1 Å². The molecular formula is C25H24BrN5OS2. The molecule has 174 valence electrons. The number of rotatable bonds is 7. The second-order valence-electron chi connectivity index (χ2n) is 8.53. The van der Waals surface area contributed by atoms with Crippen LogP contribution in [0.5, 0.6) is 0 Å². The lowest BCUT2D eigenvalue weighted by molar-refractivity contribution is -0.118. The first-order valence-electron chi connectivity index (χ1n) is 10.6. The summed E-state index contributed by atoms with van der Waals surface area (Å²) < 4.78 is 3.00. The summed E-state index contributed by atoms with van der Waals surface area (Å²) in [7, 11) is 0. The Kier molecular flexibility index (Phi) is 7.65. The zero-order valence-electron chi connectivity index (χ0n) is 19.0. The van der Waals surface area contributed by atoms with Crippen LogP contribution in [0, 0.1) is 0 Å². The van der Waals surface area contributed by atoms with Gasteiger partial charge in [-0.05, 0) is 51.2 Å². The van der Waals surface area contributed by atoms with Gasteiger partial charge < -0.3 is 0 Å². The summed E-state index contributed by atoms with van der Waals surface area (Å²) in [6.45, 7) is 6.58. The summed E-state index contributed by atoms with van der Waals surface area (Å²) in [5.74, 6) is 0.686. The van der Waals surface area contributed by atoms with Crippen molar-refractivity contribution in [2.24, 2.45) is 5.10 Å². The summed E-state index contributed by atoms with van der Waals surface area (Å²) in [4.78, 5) is 13.3. The van der Waals surface area contributed by atoms with E-state index in [0.29, 0.717) is 5.16 Å². The Hall–Kier alpha value is -2.75. The second kappa shape index (κ2) is 10.7. The summed E-state index contributed by atoms with van der Waals surface area (Å²) >= 11 is 6.27. The first-order valence-corrected chi connectivity index (χ1v) is 13.2. The SMILES string of the molecule is CC(C)(C)c1ccc(-c2nnc(SCC(=O)N/N=C/c3ccc(Br)s3)n2-c2ccccc2)cc1. The molecule has 0 radical (unpaired) electrons. The number of aromatic nitrogens is 3. The van der Waals surface area contributed by atoms with Gasteiger partial charge in [0.2, 0.25) is 0 Å². The number of hydrogen-bond acceptors (Lipinski definition) is 6. The van der Waals surface area contributed by atoms with E-state index in [1.165, 1.54) is 17.3 Å². The summed E-state index contributed by atoms with van der Waals surface area (Å²) in [6, 6.07) is 22.2. The molecule has 2 aromatic carbocycles. The maximum Gasteiger partial charge on any atom is 0.250 e. The Labute approximate surface area is 215 Å². The monoisotopic (exact) mass is 553 g/mol. The molecule has 0 saturated carbocycles. The van der Waals surface area contributed by atoms with Crippen molar-refractivity contribution < 1.29 is 4.79 Å². The van der Waals surface area contributed by atoms with Crippen LogP contribution >= 0.6 is 39.0 Å². The normalized spacial score (nSPS) is 11.8. The van der Waals surface area contributed by atoms with E-state index < -0.39 is 0 Å². The molecule has 0 atom stereocenters. The van der Waals surface area contributed by atoms with Crippen molar-refractivity contribution in [1.82, 2.24) is 20.2 Å². The van der Waals surface area contributed by atoms with E-state index in [2.05, 4.69) is 81.7 Å². The number of benzene rings is 2. The first-order chi connectivity index (χ1) is 16.3. The first kappa shape index (κ1) is 24.4. The predicted octanol–water partition coefficient (Wildman–Crippen LogP) is 6.30. The molecule has 34 heavy (non-hydrogen) atoms. The molecule has 0 aliphatic carbocycles. The molecule has 2 aromatic heterocycles. The van der Waals surface area contributed by atoms with Crippen LogP contribution in [-0.2, 0) is 10.2 Å².